The highest BCUT2D eigenvalue weighted by molar-refractivity contribution is 7.85. The fraction of sp³-hybridized carbons (Fsp3) is 0.533. The van der Waals surface area contributed by atoms with Gasteiger partial charge in [0.25, 0.3) is 0 Å². The lowest BCUT2D eigenvalue weighted by Gasteiger charge is -2.16. The van der Waals surface area contributed by atoms with Crippen LogP contribution in [0.1, 0.15) is 38.5 Å². The van der Waals surface area contributed by atoms with E-state index in [4.69, 9.17) is 5.73 Å². The molecule has 1 aliphatic rings. The zero-order chi connectivity index (χ0) is 14.4. The van der Waals surface area contributed by atoms with E-state index in [1.807, 2.05) is 0 Å². The Morgan fingerprint density at radius 1 is 1.25 bits per heavy atom. The lowest BCUT2D eigenvalue weighted by atomic mass is 10.1. The molecule has 1 unspecified atom stereocenters. The molecule has 1 atom stereocenters. The second-order valence-electron chi connectivity index (χ2n) is 5.32. The highest BCUT2D eigenvalue weighted by Crippen LogP contribution is 2.17. The lowest BCUT2D eigenvalue weighted by Crippen LogP contribution is -2.37. The molecule has 110 valence electrons. The number of anilines is 1. The predicted molar refractivity (Wildman–Crippen MR) is 81.8 cm³/mol. The molecule has 1 fully saturated rings. The van der Waals surface area contributed by atoms with Crippen LogP contribution in [-0.4, -0.2) is 21.9 Å². The average molecular weight is 294 g/mol. The largest absolute Gasteiger partial charge is 0.399 e. The van der Waals surface area contributed by atoms with Crippen molar-refractivity contribution < 1.29 is 9.00 Å². The fourth-order valence-corrected chi connectivity index (χ4v) is 3.54. The standard InChI is InChI=1S/C15H22N2O2S/c16-12-6-5-9-14(10-12)20(19)11-15(18)17-13-7-3-1-2-4-8-13/h5-6,9-10,13H,1-4,7-8,11,16H2,(H,17,18). The monoisotopic (exact) mass is 294 g/mol. The van der Waals surface area contributed by atoms with Gasteiger partial charge in [-0.15, -0.1) is 0 Å². The number of rotatable bonds is 4. The van der Waals surface area contributed by atoms with E-state index >= 15 is 0 Å². The lowest BCUT2D eigenvalue weighted by molar-refractivity contribution is -0.119. The topological polar surface area (TPSA) is 72.2 Å². The van der Waals surface area contributed by atoms with Crippen LogP contribution in [0.3, 0.4) is 0 Å². The molecule has 0 heterocycles. The van der Waals surface area contributed by atoms with Gasteiger partial charge in [0.1, 0.15) is 5.75 Å². The number of carbonyl (C=O) groups excluding carboxylic acids is 1. The van der Waals surface area contributed by atoms with Gasteiger partial charge < -0.3 is 11.1 Å². The number of nitrogens with one attached hydrogen (secondary N) is 1. The number of benzene rings is 1. The molecule has 0 saturated heterocycles. The predicted octanol–water partition coefficient (Wildman–Crippen LogP) is 2.22. The third-order valence-corrected chi connectivity index (χ3v) is 4.91. The van der Waals surface area contributed by atoms with Crippen molar-refractivity contribution in [2.75, 3.05) is 11.5 Å². The number of nitrogen functional groups attached to an aromatic ring is 1. The molecule has 0 aromatic heterocycles. The van der Waals surface area contributed by atoms with Crippen LogP contribution in [0, 0.1) is 0 Å². The van der Waals surface area contributed by atoms with Crippen molar-refractivity contribution in [2.24, 2.45) is 0 Å². The minimum atomic E-state index is -1.32. The van der Waals surface area contributed by atoms with Gasteiger partial charge in [0.15, 0.2) is 0 Å². The van der Waals surface area contributed by atoms with Gasteiger partial charge >= 0.3 is 0 Å². The Kier molecular flexibility index (Phi) is 5.59. The summed E-state index contributed by atoms with van der Waals surface area (Å²) < 4.78 is 12.1. The fourth-order valence-electron chi connectivity index (χ4n) is 2.55. The van der Waals surface area contributed by atoms with Crippen LogP contribution in [0.2, 0.25) is 0 Å². The van der Waals surface area contributed by atoms with Crippen LogP contribution in [0.15, 0.2) is 29.2 Å². The maximum atomic E-state index is 12.1. The van der Waals surface area contributed by atoms with Crippen molar-refractivity contribution in [1.82, 2.24) is 5.32 Å². The molecule has 0 bridgehead atoms. The van der Waals surface area contributed by atoms with Crippen molar-refractivity contribution in [3.8, 4) is 0 Å². The zero-order valence-corrected chi connectivity index (χ0v) is 12.5. The van der Waals surface area contributed by atoms with Gasteiger partial charge in [-0.1, -0.05) is 31.7 Å². The van der Waals surface area contributed by atoms with Crippen molar-refractivity contribution in [3.05, 3.63) is 24.3 Å². The van der Waals surface area contributed by atoms with Crippen molar-refractivity contribution in [3.63, 3.8) is 0 Å². The number of hydrogen-bond donors (Lipinski definition) is 2. The number of hydrogen-bond acceptors (Lipinski definition) is 3. The van der Waals surface area contributed by atoms with Gasteiger partial charge in [0.2, 0.25) is 5.91 Å². The maximum absolute atomic E-state index is 12.1. The van der Waals surface area contributed by atoms with Crippen LogP contribution >= 0.6 is 0 Å². The van der Waals surface area contributed by atoms with Crippen molar-refractivity contribution >= 4 is 22.4 Å². The van der Waals surface area contributed by atoms with Gasteiger partial charge in [-0.25, -0.2) is 0 Å². The summed E-state index contributed by atoms with van der Waals surface area (Å²) in [6.07, 6.45) is 6.92. The Hall–Kier alpha value is -1.36. The molecule has 2 rings (SSSR count). The maximum Gasteiger partial charge on any atom is 0.233 e. The molecule has 1 aliphatic carbocycles. The number of amides is 1. The Morgan fingerprint density at radius 3 is 2.60 bits per heavy atom. The molecule has 0 spiro atoms. The van der Waals surface area contributed by atoms with E-state index in [1.54, 1.807) is 24.3 Å². The average Bonchev–Trinajstić information content (AvgIpc) is 2.67. The SMILES string of the molecule is Nc1cccc(S(=O)CC(=O)NC2CCCCCC2)c1. The van der Waals surface area contributed by atoms with Crippen molar-refractivity contribution in [2.45, 2.75) is 49.5 Å². The van der Waals surface area contributed by atoms with Gasteiger partial charge in [-0.05, 0) is 31.0 Å². The van der Waals surface area contributed by atoms with Crippen LogP contribution in [0.5, 0.6) is 0 Å². The summed E-state index contributed by atoms with van der Waals surface area (Å²) in [5.41, 5.74) is 6.23. The first-order valence-corrected chi connectivity index (χ1v) is 8.50. The first-order chi connectivity index (χ1) is 9.65. The second kappa shape index (κ2) is 7.43. The quantitative estimate of drug-likeness (QED) is 0.660. The first kappa shape index (κ1) is 15.0. The van der Waals surface area contributed by atoms with E-state index in [9.17, 15) is 9.00 Å². The van der Waals surface area contributed by atoms with Gasteiger partial charge in [-0.2, -0.15) is 0 Å². The third-order valence-electron chi connectivity index (χ3n) is 3.60. The molecule has 5 heteroatoms. The molecule has 0 radical (unpaired) electrons. The number of nitrogens with two attached hydrogens (primary N) is 1. The minimum Gasteiger partial charge on any atom is -0.399 e. The third kappa shape index (κ3) is 4.63. The molecule has 1 aromatic carbocycles. The summed E-state index contributed by atoms with van der Waals surface area (Å²) in [5.74, 6) is -0.113. The van der Waals surface area contributed by atoms with Crippen LogP contribution in [-0.2, 0) is 15.6 Å². The molecule has 0 aliphatic heterocycles. The van der Waals surface area contributed by atoms with Gasteiger partial charge in [-0.3, -0.25) is 9.00 Å². The van der Waals surface area contributed by atoms with Gasteiger partial charge in [0, 0.05) is 16.6 Å². The van der Waals surface area contributed by atoms with Crippen LogP contribution in [0.25, 0.3) is 0 Å². The Morgan fingerprint density at radius 2 is 1.95 bits per heavy atom. The Bertz CT molecular complexity index is 483. The smallest absolute Gasteiger partial charge is 0.233 e. The van der Waals surface area contributed by atoms with Crippen molar-refractivity contribution in [1.29, 1.82) is 0 Å². The summed E-state index contributed by atoms with van der Waals surface area (Å²) in [6.45, 7) is 0. The van der Waals surface area contributed by atoms with Crippen LogP contribution in [0.4, 0.5) is 5.69 Å². The van der Waals surface area contributed by atoms with E-state index in [0.717, 1.165) is 12.8 Å². The van der Waals surface area contributed by atoms with Gasteiger partial charge in [0.05, 0.1) is 10.8 Å². The van der Waals surface area contributed by atoms with E-state index in [-0.39, 0.29) is 17.7 Å². The summed E-state index contributed by atoms with van der Waals surface area (Å²) in [6, 6.07) is 7.15. The minimum absolute atomic E-state index is 0.0138. The summed E-state index contributed by atoms with van der Waals surface area (Å²) in [5, 5.41) is 3.01. The molecule has 1 amide bonds. The summed E-state index contributed by atoms with van der Waals surface area (Å²) >= 11 is 0. The summed E-state index contributed by atoms with van der Waals surface area (Å²) in [7, 11) is -1.32. The Balaban J connectivity index is 1.86. The normalized spacial score (nSPS) is 18.2. The first-order valence-electron chi connectivity index (χ1n) is 7.18. The molecular formula is C15H22N2O2S. The van der Waals surface area contributed by atoms with E-state index in [2.05, 4.69) is 5.32 Å². The van der Waals surface area contributed by atoms with Crippen LogP contribution < -0.4 is 11.1 Å². The zero-order valence-electron chi connectivity index (χ0n) is 11.6. The molecule has 1 saturated carbocycles. The highest BCUT2D eigenvalue weighted by atomic mass is 32.2. The molecule has 3 N–H and O–H groups in total. The summed E-state index contributed by atoms with van der Waals surface area (Å²) in [4.78, 5) is 12.6. The van der Waals surface area contributed by atoms with E-state index < -0.39 is 10.8 Å². The molecule has 4 nitrogen and oxygen atoms in total. The Labute approximate surface area is 122 Å². The number of carbonyl (C=O) groups is 1. The second-order valence-corrected chi connectivity index (χ2v) is 6.77. The van der Waals surface area contributed by atoms with E-state index in [0.29, 0.717) is 10.6 Å². The molecular weight excluding hydrogens is 272 g/mol. The molecule has 20 heavy (non-hydrogen) atoms. The molecule has 1 aromatic rings. The highest BCUT2D eigenvalue weighted by Gasteiger charge is 2.16. The van der Waals surface area contributed by atoms with E-state index in [1.165, 1.54) is 25.7 Å².